The molecule has 2 aromatic rings. The van der Waals surface area contributed by atoms with Crippen molar-refractivity contribution in [2.45, 2.75) is 0 Å². The Morgan fingerprint density at radius 3 is 2.71 bits per heavy atom. The molecule has 4 nitrogen and oxygen atoms in total. The van der Waals surface area contributed by atoms with E-state index in [1.165, 1.54) is 13.2 Å². The molecule has 88 valence electrons. The molecule has 0 amide bonds. The molecule has 0 radical (unpaired) electrons. The summed E-state index contributed by atoms with van der Waals surface area (Å²) in [6.45, 7) is 0. The predicted molar refractivity (Wildman–Crippen MR) is 63.3 cm³/mol. The maximum atomic E-state index is 11.2. The van der Waals surface area contributed by atoms with Gasteiger partial charge in [0.2, 0.25) is 0 Å². The number of aromatic nitrogens is 1. The van der Waals surface area contributed by atoms with Crippen molar-refractivity contribution in [2.24, 2.45) is 0 Å². The highest BCUT2D eigenvalue weighted by atomic mass is 35.5. The van der Waals surface area contributed by atoms with Gasteiger partial charge in [0.25, 0.3) is 0 Å². The zero-order chi connectivity index (χ0) is 12.4. The van der Waals surface area contributed by atoms with Crippen LogP contribution in [0.3, 0.4) is 0 Å². The van der Waals surface area contributed by atoms with Crippen LogP contribution in [0.2, 0.25) is 10.0 Å². The number of carbonyl (C=O) groups is 1. The average Bonchev–Trinajstić information content (AvgIpc) is 2.81. The average molecular weight is 272 g/mol. The van der Waals surface area contributed by atoms with E-state index in [1.807, 2.05) is 0 Å². The standard InChI is InChI=1S/C11H7Cl2NO3/c1-16-11(15)9-5-10(17-14-9)6-2-3-7(12)8(13)4-6/h2-5H,1H3. The van der Waals surface area contributed by atoms with Crippen molar-refractivity contribution < 1.29 is 14.1 Å². The van der Waals surface area contributed by atoms with Crippen LogP contribution in [0, 0.1) is 0 Å². The van der Waals surface area contributed by atoms with E-state index in [4.69, 9.17) is 27.7 Å². The molecule has 0 fully saturated rings. The third-order valence-electron chi connectivity index (χ3n) is 2.11. The molecule has 6 heteroatoms. The van der Waals surface area contributed by atoms with Crippen molar-refractivity contribution in [3.63, 3.8) is 0 Å². The van der Waals surface area contributed by atoms with Gasteiger partial charge in [-0.1, -0.05) is 28.4 Å². The summed E-state index contributed by atoms with van der Waals surface area (Å²) in [7, 11) is 1.27. The molecular weight excluding hydrogens is 265 g/mol. The number of rotatable bonds is 2. The fraction of sp³-hybridized carbons (Fsp3) is 0.0909. The number of carbonyl (C=O) groups excluding carboxylic acids is 1. The Labute approximate surface area is 107 Å². The lowest BCUT2D eigenvalue weighted by molar-refractivity contribution is 0.0589. The first-order valence-electron chi connectivity index (χ1n) is 4.62. The van der Waals surface area contributed by atoms with Crippen LogP contribution >= 0.6 is 23.2 Å². The molecular formula is C11H7Cl2NO3. The minimum atomic E-state index is -0.555. The van der Waals surface area contributed by atoms with Crippen LogP contribution in [0.4, 0.5) is 0 Å². The van der Waals surface area contributed by atoms with Crippen LogP contribution in [-0.2, 0) is 4.74 Å². The first kappa shape index (κ1) is 12.0. The summed E-state index contributed by atoms with van der Waals surface area (Å²) < 4.78 is 9.54. The van der Waals surface area contributed by atoms with Gasteiger partial charge in [0.05, 0.1) is 17.2 Å². The van der Waals surface area contributed by atoms with E-state index in [0.29, 0.717) is 21.4 Å². The summed E-state index contributed by atoms with van der Waals surface area (Å²) >= 11 is 11.7. The van der Waals surface area contributed by atoms with Crippen LogP contribution in [0.5, 0.6) is 0 Å². The molecule has 1 aromatic heterocycles. The summed E-state index contributed by atoms with van der Waals surface area (Å²) in [5, 5.41) is 4.44. The van der Waals surface area contributed by atoms with Crippen LogP contribution < -0.4 is 0 Å². The topological polar surface area (TPSA) is 52.3 Å². The highest BCUT2D eigenvalue weighted by Gasteiger charge is 2.14. The van der Waals surface area contributed by atoms with Gasteiger partial charge in [-0.3, -0.25) is 0 Å². The van der Waals surface area contributed by atoms with Crippen molar-refractivity contribution in [3.05, 3.63) is 40.0 Å². The van der Waals surface area contributed by atoms with Crippen molar-refractivity contribution >= 4 is 29.2 Å². The van der Waals surface area contributed by atoms with E-state index in [2.05, 4.69) is 9.89 Å². The molecule has 0 aliphatic rings. The molecule has 0 saturated heterocycles. The Balaban J connectivity index is 2.37. The minimum absolute atomic E-state index is 0.105. The van der Waals surface area contributed by atoms with Crippen molar-refractivity contribution in [1.82, 2.24) is 5.16 Å². The number of nitrogens with zero attached hydrogens (tertiary/aromatic N) is 1. The Bertz CT molecular complexity index is 566. The van der Waals surface area contributed by atoms with Gasteiger partial charge < -0.3 is 9.26 Å². The van der Waals surface area contributed by atoms with Gasteiger partial charge in [0.15, 0.2) is 11.5 Å². The smallest absolute Gasteiger partial charge is 0.360 e. The Morgan fingerprint density at radius 2 is 2.06 bits per heavy atom. The van der Waals surface area contributed by atoms with Crippen molar-refractivity contribution in [2.75, 3.05) is 7.11 Å². The maximum absolute atomic E-state index is 11.2. The van der Waals surface area contributed by atoms with Crippen LogP contribution in [-0.4, -0.2) is 18.2 Å². The van der Waals surface area contributed by atoms with Crippen LogP contribution in [0.15, 0.2) is 28.8 Å². The fourth-order valence-electron chi connectivity index (χ4n) is 1.26. The summed E-state index contributed by atoms with van der Waals surface area (Å²) in [6, 6.07) is 6.46. The lowest BCUT2D eigenvalue weighted by Gasteiger charge is -1.97. The van der Waals surface area contributed by atoms with E-state index in [9.17, 15) is 4.79 Å². The summed E-state index contributed by atoms with van der Waals surface area (Å²) in [5.41, 5.74) is 0.788. The number of halogens is 2. The maximum Gasteiger partial charge on any atom is 0.360 e. The zero-order valence-electron chi connectivity index (χ0n) is 8.74. The predicted octanol–water partition coefficient (Wildman–Crippen LogP) is 3.44. The first-order chi connectivity index (χ1) is 8.11. The minimum Gasteiger partial charge on any atom is -0.464 e. The molecule has 0 aliphatic heterocycles. The summed E-state index contributed by atoms with van der Waals surface area (Å²) in [4.78, 5) is 11.2. The van der Waals surface area contributed by atoms with Gasteiger partial charge >= 0.3 is 5.97 Å². The Hall–Kier alpha value is -1.52. The third kappa shape index (κ3) is 2.43. The van der Waals surface area contributed by atoms with E-state index in [-0.39, 0.29) is 5.69 Å². The largest absolute Gasteiger partial charge is 0.464 e. The SMILES string of the molecule is COC(=O)c1cc(-c2ccc(Cl)c(Cl)c2)on1. The number of hydrogen-bond acceptors (Lipinski definition) is 4. The zero-order valence-corrected chi connectivity index (χ0v) is 10.2. The number of ether oxygens (including phenoxy) is 1. The molecule has 2 rings (SSSR count). The number of esters is 1. The van der Waals surface area contributed by atoms with E-state index >= 15 is 0 Å². The second-order valence-electron chi connectivity index (χ2n) is 3.20. The second kappa shape index (κ2) is 4.77. The number of benzene rings is 1. The van der Waals surface area contributed by atoms with Crippen molar-refractivity contribution in [3.8, 4) is 11.3 Å². The summed E-state index contributed by atoms with van der Waals surface area (Å²) in [6.07, 6.45) is 0. The van der Waals surface area contributed by atoms with Crippen LogP contribution in [0.25, 0.3) is 11.3 Å². The number of methoxy groups -OCH3 is 1. The molecule has 0 atom stereocenters. The van der Waals surface area contributed by atoms with Crippen LogP contribution in [0.1, 0.15) is 10.5 Å². The van der Waals surface area contributed by atoms with Gasteiger partial charge in [-0.15, -0.1) is 0 Å². The molecule has 1 aromatic carbocycles. The normalized spacial score (nSPS) is 10.3. The molecule has 1 heterocycles. The molecule has 17 heavy (non-hydrogen) atoms. The van der Waals surface area contributed by atoms with Gasteiger partial charge in [-0.05, 0) is 18.2 Å². The second-order valence-corrected chi connectivity index (χ2v) is 4.01. The molecule has 0 saturated carbocycles. The van der Waals surface area contributed by atoms with E-state index in [1.54, 1.807) is 18.2 Å². The lowest BCUT2D eigenvalue weighted by Crippen LogP contribution is -2.00. The first-order valence-corrected chi connectivity index (χ1v) is 5.38. The Morgan fingerprint density at radius 1 is 1.29 bits per heavy atom. The highest BCUT2D eigenvalue weighted by Crippen LogP contribution is 2.28. The highest BCUT2D eigenvalue weighted by molar-refractivity contribution is 6.42. The van der Waals surface area contributed by atoms with Gasteiger partial charge in [0.1, 0.15) is 0 Å². The molecule has 0 N–H and O–H groups in total. The third-order valence-corrected chi connectivity index (χ3v) is 2.85. The Kier molecular flexibility index (Phi) is 3.36. The lowest BCUT2D eigenvalue weighted by atomic mass is 10.1. The quantitative estimate of drug-likeness (QED) is 0.786. The number of hydrogen-bond donors (Lipinski definition) is 0. The molecule has 0 bridgehead atoms. The van der Waals surface area contributed by atoms with Gasteiger partial charge in [0, 0.05) is 11.6 Å². The molecule has 0 unspecified atom stereocenters. The van der Waals surface area contributed by atoms with Gasteiger partial charge in [-0.25, -0.2) is 4.79 Å². The fourth-order valence-corrected chi connectivity index (χ4v) is 1.56. The monoisotopic (exact) mass is 271 g/mol. The van der Waals surface area contributed by atoms with E-state index in [0.717, 1.165) is 0 Å². The van der Waals surface area contributed by atoms with E-state index < -0.39 is 5.97 Å². The van der Waals surface area contributed by atoms with Gasteiger partial charge in [-0.2, -0.15) is 0 Å². The summed E-state index contributed by atoms with van der Waals surface area (Å²) in [5.74, 6) is -0.135. The molecule has 0 aliphatic carbocycles. The van der Waals surface area contributed by atoms with Crippen molar-refractivity contribution in [1.29, 1.82) is 0 Å². The molecule has 0 spiro atoms.